The molecule has 1 aromatic carbocycles. The molecular weight excluding hydrogens is 399 g/mol. The van der Waals surface area contributed by atoms with Crippen LogP contribution in [0.4, 0.5) is 0 Å². The molecule has 1 atom stereocenters. The number of ether oxygens (including phenoxy) is 1. The van der Waals surface area contributed by atoms with Crippen molar-refractivity contribution in [2.24, 2.45) is 27.5 Å². The fourth-order valence-electron chi connectivity index (χ4n) is 3.03. The van der Waals surface area contributed by atoms with Crippen molar-refractivity contribution in [3.63, 3.8) is 0 Å². The van der Waals surface area contributed by atoms with Crippen molar-refractivity contribution < 1.29 is 4.74 Å². The predicted molar refractivity (Wildman–Crippen MR) is 114 cm³/mol. The first-order chi connectivity index (χ1) is 13.3. The standard InChI is InChI=1S/C19H24Cl2N6O/c1-10(2)18-25-26-19(28-18)15(22)9-16-17(23)24-6-7-27(16)11(3)13-8-12(20)4-5-14(13)21/h4-5,8-11,26H,6-7,22H2,1-3H3,(H2,23,24). The predicted octanol–water partition coefficient (Wildman–Crippen LogP) is 3.33. The number of nitrogens with two attached hydrogens (primary N) is 2. The molecule has 1 unspecified atom stereocenters. The van der Waals surface area contributed by atoms with Crippen LogP contribution < -0.4 is 16.9 Å². The lowest BCUT2D eigenvalue weighted by molar-refractivity contribution is 0.284. The van der Waals surface area contributed by atoms with Crippen LogP contribution in [-0.4, -0.2) is 29.7 Å². The Labute approximate surface area is 174 Å². The number of nitrogens with one attached hydrogen (secondary N) is 1. The normalized spacial score (nSPS) is 21.2. The molecule has 1 aromatic rings. The number of nitrogens with zero attached hydrogens (tertiary/aromatic N) is 3. The monoisotopic (exact) mass is 422 g/mol. The Kier molecular flexibility index (Phi) is 6.05. The number of allylic oxidation sites excluding steroid dienone is 1. The molecule has 0 bridgehead atoms. The van der Waals surface area contributed by atoms with E-state index < -0.39 is 0 Å². The number of hydrogen-bond donors (Lipinski definition) is 3. The van der Waals surface area contributed by atoms with E-state index in [1.807, 2.05) is 26.8 Å². The van der Waals surface area contributed by atoms with Crippen LogP contribution in [0, 0.1) is 5.92 Å². The minimum atomic E-state index is -0.0794. The van der Waals surface area contributed by atoms with Gasteiger partial charge in [-0.2, -0.15) is 0 Å². The molecule has 0 fully saturated rings. The summed E-state index contributed by atoms with van der Waals surface area (Å²) in [5, 5.41) is 5.41. The van der Waals surface area contributed by atoms with Crippen LogP contribution in [0.25, 0.3) is 0 Å². The van der Waals surface area contributed by atoms with Crippen molar-refractivity contribution >= 4 is 34.9 Å². The molecule has 150 valence electrons. The molecule has 3 rings (SSSR count). The molecule has 2 aliphatic heterocycles. The Bertz CT molecular complexity index is 890. The third-order valence-electron chi connectivity index (χ3n) is 4.59. The lowest BCUT2D eigenvalue weighted by Crippen LogP contribution is -2.39. The average Bonchev–Trinajstić information content (AvgIpc) is 3.15. The molecule has 28 heavy (non-hydrogen) atoms. The zero-order valence-electron chi connectivity index (χ0n) is 16.0. The van der Waals surface area contributed by atoms with E-state index in [-0.39, 0.29) is 12.0 Å². The summed E-state index contributed by atoms with van der Waals surface area (Å²) >= 11 is 12.6. The van der Waals surface area contributed by atoms with Gasteiger partial charge in [0.05, 0.1) is 24.0 Å². The summed E-state index contributed by atoms with van der Waals surface area (Å²) in [7, 11) is 0. The maximum atomic E-state index is 6.40. The number of halogens is 2. The Balaban J connectivity index is 1.93. The van der Waals surface area contributed by atoms with E-state index in [1.165, 1.54) is 0 Å². The maximum absolute atomic E-state index is 6.40. The summed E-state index contributed by atoms with van der Waals surface area (Å²) in [6.45, 7) is 7.26. The van der Waals surface area contributed by atoms with Gasteiger partial charge in [0.25, 0.3) is 0 Å². The van der Waals surface area contributed by atoms with E-state index in [4.69, 9.17) is 39.4 Å². The van der Waals surface area contributed by atoms with Crippen molar-refractivity contribution in [2.45, 2.75) is 26.8 Å². The van der Waals surface area contributed by atoms with Crippen molar-refractivity contribution in [1.29, 1.82) is 0 Å². The van der Waals surface area contributed by atoms with Gasteiger partial charge in [-0.25, -0.2) is 5.43 Å². The van der Waals surface area contributed by atoms with E-state index in [1.54, 1.807) is 18.2 Å². The Hall–Kier alpha value is -2.38. The molecule has 2 aliphatic rings. The van der Waals surface area contributed by atoms with Crippen LogP contribution in [0.3, 0.4) is 0 Å². The number of hydrogen-bond acceptors (Lipinski definition) is 7. The fraction of sp³-hybridized carbons (Fsp3) is 0.368. The fourth-order valence-corrected chi connectivity index (χ4v) is 3.48. The van der Waals surface area contributed by atoms with Gasteiger partial charge in [-0.05, 0) is 36.8 Å². The Morgan fingerprint density at radius 2 is 2.07 bits per heavy atom. The first-order valence-corrected chi connectivity index (χ1v) is 9.78. The van der Waals surface area contributed by atoms with E-state index in [0.717, 1.165) is 5.56 Å². The van der Waals surface area contributed by atoms with Gasteiger partial charge in [-0.15, -0.1) is 5.10 Å². The largest absolute Gasteiger partial charge is 0.421 e. The Morgan fingerprint density at radius 3 is 2.75 bits per heavy atom. The second-order valence-corrected chi connectivity index (χ2v) is 7.78. The highest BCUT2D eigenvalue weighted by atomic mass is 35.5. The van der Waals surface area contributed by atoms with Gasteiger partial charge < -0.3 is 21.1 Å². The highest BCUT2D eigenvalue weighted by molar-refractivity contribution is 6.33. The van der Waals surface area contributed by atoms with Crippen LogP contribution in [-0.2, 0) is 4.74 Å². The van der Waals surface area contributed by atoms with E-state index in [9.17, 15) is 0 Å². The van der Waals surface area contributed by atoms with Crippen LogP contribution in [0.1, 0.15) is 32.4 Å². The van der Waals surface area contributed by atoms with Gasteiger partial charge in [0.2, 0.25) is 11.8 Å². The average molecular weight is 423 g/mol. The van der Waals surface area contributed by atoms with Gasteiger partial charge in [0, 0.05) is 22.5 Å². The molecule has 0 radical (unpaired) electrons. The molecule has 0 spiro atoms. The molecule has 0 aliphatic carbocycles. The zero-order chi connectivity index (χ0) is 20.4. The van der Waals surface area contributed by atoms with Gasteiger partial charge in [0.1, 0.15) is 5.84 Å². The van der Waals surface area contributed by atoms with E-state index >= 15 is 0 Å². The molecule has 9 heteroatoms. The first-order valence-electron chi connectivity index (χ1n) is 9.02. The molecule has 0 saturated carbocycles. The lowest BCUT2D eigenvalue weighted by Gasteiger charge is -2.36. The molecule has 0 amide bonds. The van der Waals surface area contributed by atoms with Crippen molar-refractivity contribution in [1.82, 2.24) is 10.3 Å². The maximum Gasteiger partial charge on any atom is 0.238 e. The third-order valence-corrected chi connectivity index (χ3v) is 5.17. The SMILES string of the molecule is CC(C)C1=NNC(=C(N)C=C2C(N)=NCCN2C(C)c2cc(Cl)ccc2Cl)O1. The topological polar surface area (TPSA) is 101 Å². The summed E-state index contributed by atoms with van der Waals surface area (Å²) in [5.74, 6) is 1.51. The second kappa shape index (κ2) is 8.32. The quantitative estimate of drug-likeness (QED) is 0.690. The number of hydrazone groups is 1. The van der Waals surface area contributed by atoms with E-state index in [0.29, 0.717) is 52.1 Å². The van der Waals surface area contributed by atoms with Crippen molar-refractivity contribution in [2.75, 3.05) is 13.1 Å². The number of benzene rings is 1. The second-order valence-electron chi connectivity index (χ2n) is 6.93. The summed E-state index contributed by atoms with van der Waals surface area (Å²) in [6.07, 6.45) is 1.74. The number of aliphatic imine (C=N–C) groups is 1. The van der Waals surface area contributed by atoms with Crippen LogP contribution in [0.5, 0.6) is 0 Å². The zero-order valence-corrected chi connectivity index (χ0v) is 17.6. The molecular formula is C19H24Cl2N6O. The molecule has 5 N–H and O–H groups in total. The van der Waals surface area contributed by atoms with E-state index in [2.05, 4.69) is 20.4 Å². The van der Waals surface area contributed by atoms with Crippen LogP contribution in [0.2, 0.25) is 10.0 Å². The van der Waals surface area contributed by atoms with Crippen molar-refractivity contribution in [3.8, 4) is 0 Å². The first kappa shape index (κ1) is 20.4. The van der Waals surface area contributed by atoms with Gasteiger partial charge in [0.15, 0.2) is 0 Å². The molecule has 0 aromatic heterocycles. The number of rotatable bonds is 4. The lowest BCUT2D eigenvalue weighted by atomic mass is 10.0. The van der Waals surface area contributed by atoms with Crippen molar-refractivity contribution in [3.05, 3.63) is 57.2 Å². The highest BCUT2D eigenvalue weighted by Crippen LogP contribution is 2.33. The number of amidine groups is 1. The third kappa shape index (κ3) is 4.20. The summed E-state index contributed by atoms with van der Waals surface area (Å²) < 4.78 is 5.69. The molecule has 7 nitrogen and oxygen atoms in total. The summed E-state index contributed by atoms with van der Waals surface area (Å²) in [5.41, 5.74) is 17.2. The summed E-state index contributed by atoms with van der Waals surface area (Å²) in [6, 6.07) is 5.34. The van der Waals surface area contributed by atoms with Gasteiger partial charge >= 0.3 is 0 Å². The smallest absolute Gasteiger partial charge is 0.238 e. The Morgan fingerprint density at radius 1 is 1.32 bits per heavy atom. The van der Waals surface area contributed by atoms with Gasteiger partial charge in [-0.1, -0.05) is 37.0 Å². The molecule has 0 saturated heterocycles. The van der Waals surface area contributed by atoms with Gasteiger partial charge in [-0.3, -0.25) is 4.99 Å². The van der Waals surface area contributed by atoms with Crippen LogP contribution in [0.15, 0.2) is 51.6 Å². The summed E-state index contributed by atoms with van der Waals surface area (Å²) in [4.78, 5) is 6.46. The highest BCUT2D eigenvalue weighted by Gasteiger charge is 2.26. The van der Waals surface area contributed by atoms with Crippen LogP contribution >= 0.6 is 23.2 Å². The molecule has 2 heterocycles. The minimum absolute atomic E-state index is 0.0794. The minimum Gasteiger partial charge on any atom is -0.421 e.